The molecule has 1 atom stereocenters. The first-order valence-electron chi connectivity index (χ1n) is 8.90. The van der Waals surface area contributed by atoms with E-state index in [4.69, 9.17) is 18.6 Å². The van der Waals surface area contributed by atoms with Gasteiger partial charge in [-0.2, -0.15) is 0 Å². The number of ether oxygens (including phenoxy) is 3. The first kappa shape index (κ1) is 18.5. The van der Waals surface area contributed by atoms with Gasteiger partial charge in [-0.3, -0.25) is 4.79 Å². The zero-order chi connectivity index (χ0) is 20.4. The second-order valence-electron chi connectivity index (χ2n) is 6.46. The number of amides is 1. The molecular weight excluding hydrogens is 378 g/mol. The lowest BCUT2D eigenvalue weighted by atomic mass is 10.1. The highest BCUT2D eigenvalue weighted by molar-refractivity contribution is 5.94. The van der Waals surface area contributed by atoms with Gasteiger partial charge in [-0.15, -0.1) is 0 Å². The van der Waals surface area contributed by atoms with Crippen LogP contribution in [0.2, 0.25) is 0 Å². The number of carbonyl (C=O) groups excluding carboxylic acids is 2. The lowest BCUT2D eigenvalue weighted by Gasteiger charge is -2.15. The SMILES string of the molecule is C[C@H](NC(=O)COC(=O)c1cc2ccccc2oc1=O)c1ccc2c(c1)OCO2. The average molecular weight is 395 g/mol. The van der Waals surface area contributed by atoms with Crippen LogP contribution < -0.4 is 20.4 Å². The summed E-state index contributed by atoms with van der Waals surface area (Å²) in [5.41, 5.74) is 0.0941. The van der Waals surface area contributed by atoms with Gasteiger partial charge >= 0.3 is 11.6 Å². The van der Waals surface area contributed by atoms with E-state index in [1.54, 1.807) is 43.3 Å². The van der Waals surface area contributed by atoms with Crippen molar-refractivity contribution >= 4 is 22.8 Å². The second-order valence-corrected chi connectivity index (χ2v) is 6.46. The molecule has 0 bridgehead atoms. The Kier molecular flexibility index (Phi) is 4.90. The molecule has 29 heavy (non-hydrogen) atoms. The largest absolute Gasteiger partial charge is 0.454 e. The maximum Gasteiger partial charge on any atom is 0.351 e. The predicted octanol–water partition coefficient (Wildman–Crippen LogP) is 2.56. The Labute approximate surface area is 165 Å². The third-order valence-electron chi connectivity index (χ3n) is 4.47. The van der Waals surface area contributed by atoms with Gasteiger partial charge < -0.3 is 23.9 Å². The second kappa shape index (κ2) is 7.67. The van der Waals surface area contributed by atoms with E-state index in [-0.39, 0.29) is 18.4 Å². The number of hydrogen-bond donors (Lipinski definition) is 1. The van der Waals surface area contributed by atoms with Gasteiger partial charge in [-0.1, -0.05) is 24.3 Å². The molecule has 1 aromatic heterocycles. The molecule has 2 aromatic carbocycles. The third kappa shape index (κ3) is 3.91. The maximum absolute atomic E-state index is 12.2. The Morgan fingerprint density at radius 2 is 1.90 bits per heavy atom. The van der Waals surface area contributed by atoms with Crippen LogP contribution in [0.5, 0.6) is 11.5 Å². The van der Waals surface area contributed by atoms with Crippen molar-refractivity contribution in [1.29, 1.82) is 0 Å². The molecule has 0 aliphatic carbocycles. The zero-order valence-corrected chi connectivity index (χ0v) is 15.5. The summed E-state index contributed by atoms with van der Waals surface area (Å²) in [6, 6.07) is 13.2. The number of hydrogen-bond acceptors (Lipinski definition) is 7. The van der Waals surface area contributed by atoms with Crippen molar-refractivity contribution in [3.8, 4) is 11.5 Å². The normalized spacial score (nSPS) is 13.1. The highest BCUT2D eigenvalue weighted by Gasteiger charge is 2.19. The molecule has 0 spiro atoms. The van der Waals surface area contributed by atoms with Crippen molar-refractivity contribution in [2.45, 2.75) is 13.0 Å². The highest BCUT2D eigenvalue weighted by Crippen LogP contribution is 2.34. The van der Waals surface area contributed by atoms with E-state index in [2.05, 4.69) is 5.32 Å². The van der Waals surface area contributed by atoms with Crippen LogP contribution in [0.15, 0.2) is 57.7 Å². The van der Waals surface area contributed by atoms with E-state index in [1.807, 2.05) is 6.07 Å². The lowest BCUT2D eigenvalue weighted by molar-refractivity contribution is -0.124. The molecular formula is C21H17NO7. The molecule has 4 rings (SSSR count). The number of para-hydroxylation sites is 1. The summed E-state index contributed by atoms with van der Waals surface area (Å²) in [6.07, 6.45) is 0. The average Bonchev–Trinajstić information content (AvgIpc) is 3.19. The van der Waals surface area contributed by atoms with Crippen molar-refractivity contribution in [3.05, 3.63) is 70.1 Å². The van der Waals surface area contributed by atoms with E-state index in [0.717, 1.165) is 5.56 Å². The van der Waals surface area contributed by atoms with Gasteiger partial charge in [-0.25, -0.2) is 9.59 Å². The third-order valence-corrected chi connectivity index (χ3v) is 4.47. The molecule has 1 N–H and O–H groups in total. The quantitative estimate of drug-likeness (QED) is 0.523. The molecule has 0 saturated carbocycles. The molecule has 2 heterocycles. The minimum Gasteiger partial charge on any atom is -0.454 e. The fourth-order valence-electron chi connectivity index (χ4n) is 2.96. The summed E-state index contributed by atoms with van der Waals surface area (Å²) < 4.78 is 20.7. The number of nitrogens with one attached hydrogen (secondary N) is 1. The molecule has 1 aliphatic rings. The van der Waals surface area contributed by atoms with E-state index in [0.29, 0.717) is 22.5 Å². The monoisotopic (exact) mass is 395 g/mol. The van der Waals surface area contributed by atoms with Crippen molar-refractivity contribution in [2.75, 3.05) is 13.4 Å². The van der Waals surface area contributed by atoms with Gasteiger partial charge in [0.2, 0.25) is 6.79 Å². The number of esters is 1. The minimum atomic E-state index is -0.921. The topological polar surface area (TPSA) is 104 Å². The van der Waals surface area contributed by atoms with E-state index >= 15 is 0 Å². The van der Waals surface area contributed by atoms with Gasteiger partial charge in [0, 0.05) is 5.39 Å². The Morgan fingerprint density at radius 1 is 1.10 bits per heavy atom. The standard InChI is InChI=1S/C21H17NO7/c1-12(13-6-7-17-18(9-13)28-11-27-17)22-19(23)10-26-20(24)15-8-14-4-2-3-5-16(14)29-21(15)25/h2-9,12H,10-11H2,1H3,(H,22,23)/t12-/m0/s1. The zero-order valence-electron chi connectivity index (χ0n) is 15.5. The van der Waals surface area contributed by atoms with Crippen LogP contribution in [-0.2, 0) is 9.53 Å². The Morgan fingerprint density at radius 3 is 2.76 bits per heavy atom. The molecule has 0 unspecified atom stereocenters. The number of fused-ring (bicyclic) bond motifs is 2. The Balaban J connectivity index is 1.37. The molecule has 1 amide bonds. The van der Waals surface area contributed by atoms with Crippen LogP contribution >= 0.6 is 0 Å². The van der Waals surface area contributed by atoms with E-state index < -0.39 is 24.1 Å². The molecule has 8 nitrogen and oxygen atoms in total. The fourth-order valence-corrected chi connectivity index (χ4v) is 2.96. The Hall–Kier alpha value is -3.81. The summed E-state index contributed by atoms with van der Waals surface area (Å²) >= 11 is 0. The lowest BCUT2D eigenvalue weighted by Crippen LogP contribution is -2.31. The van der Waals surface area contributed by atoms with Crippen LogP contribution in [0.25, 0.3) is 11.0 Å². The molecule has 1 aliphatic heterocycles. The minimum absolute atomic E-state index is 0.165. The molecule has 0 fully saturated rings. The van der Waals surface area contributed by atoms with Crippen LogP contribution in [0, 0.1) is 0 Å². The molecule has 8 heteroatoms. The number of carbonyl (C=O) groups is 2. The van der Waals surface area contributed by atoms with Crippen molar-refractivity contribution < 1.29 is 28.2 Å². The fraction of sp³-hybridized carbons (Fsp3) is 0.190. The number of benzene rings is 2. The van der Waals surface area contributed by atoms with Crippen molar-refractivity contribution in [3.63, 3.8) is 0 Å². The summed E-state index contributed by atoms with van der Waals surface area (Å²) in [4.78, 5) is 36.3. The first-order chi connectivity index (χ1) is 14.0. The van der Waals surface area contributed by atoms with E-state index in [9.17, 15) is 14.4 Å². The van der Waals surface area contributed by atoms with Gasteiger partial charge in [0.05, 0.1) is 6.04 Å². The summed E-state index contributed by atoms with van der Waals surface area (Å²) in [5.74, 6) is -0.169. The van der Waals surface area contributed by atoms with Crippen LogP contribution in [0.1, 0.15) is 28.9 Å². The maximum atomic E-state index is 12.2. The summed E-state index contributed by atoms with van der Waals surface area (Å²) in [7, 11) is 0. The van der Waals surface area contributed by atoms with Crippen molar-refractivity contribution in [1.82, 2.24) is 5.32 Å². The van der Waals surface area contributed by atoms with Gasteiger partial charge in [0.25, 0.3) is 5.91 Å². The number of rotatable bonds is 5. The molecule has 0 saturated heterocycles. The van der Waals surface area contributed by atoms with Gasteiger partial charge in [0.15, 0.2) is 18.1 Å². The molecule has 148 valence electrons. The van der Waals surface area contributed by atoms with E-state index in [1.165, 1.54) is 6.07 Å². The van der Waals surface area contributed by atoms with Crippen LogP contribution in [0.4, 0.5) is 0 Å². The van der Waals surface area contributed by atoms with Crippen LogP contribution in [0.3, 0.4) is 0 Å². The smallest absolute Gasteiger partial charge is 0.351 e. The first-order valence-corrected chi connectivity index (χ1v) is 8.90. The molecule has 0 radical (unpaired) electrons. The highest BCUT2D eigenvalue weighted by atomic mass is 16.7. The van der Waals surface area contributed by atoms with Gasteiger partial charge in [-0.05, 0) is 36.8 Å². The van der Waals surface area contributed by atoms with Crippen LogP contribution in [-0.4, -0.2) is 25.3 Å². The van der Waals surface area contributed by atoms with Crippen molar-refractivity contribution in [2.24, 2.45) is 0 Å². The Bertz CT molecular complexity index is 1150. The van der Waals surface area contributed by atoms with Gasteiger partial charge in [0.1, 0.15) is 11.1 Å². The summed E-state index contributed by atoms with van der Waals surface area (Å²) in [6.45, 7) is 1.42. The predicted molar refractivity (Wildman–Crippen MR) is 102 cm³/mol. The summed E-state index contributed by atoms with van der Waals surface area (Å²) in [5, 5.41) is 3.31. The molecule has 3 aromatic rings.